The molecule has 0 aromatic carbocycles. The van der Waals surface area contributed by atoms with E-state index in [0.717, 1.165) is 36.1 Å². The lowest BCUT2D eigenvalue weighted by Gasteiger charge is -2.12. The Bertz CT molecular complexity index is 1080. The summed E-state index contributed by atoms with van der Waals surface area (Å²) in [7, 11) is 0. The summed E-state index contributed by atoms with van der Waals surface area (Å²) in [4.78, 5) is 17.0. The van der Waals surface area contributed by atoms with Gasteiger partial charge in [-0.15, -0.1) is 0 Å². The molecule has 3 aromatic rings. The molecule has 0 bridgehead atoms. The monoisotopic (exact) mass is 354 g/mol. The molecule has 0 saturated heterocycles. The van der Waals surface area contributed by atoms with Gasteiger partial charge in [-0.25, -0.2) is 19.9 Å². The summed E-state index contributed by atoms with van der Waals surface area (Å²) in [6.45, 7) is 0.227. The molecule has 3 aromatic heterocycles. The van der Waals surface area contributed by atoms with E-state index in [1.165, 1.54) is 5.56 Å². The summed E-state index contributed by atoms with van der Waals surface area (Å²) >= 11 is 0. The minimum atomic E-state index is 0.143. The fourth-order valence-electron chi connectivity index (χ4n) is 3.14. The number of hydrogen-bond acceptors (Lipinski definition) is 7. The fourth-order valence-corrected chi connectivity index (χ4v) is 3.14. The van der Waals surface area contributed by atoms with Crippen LogP contribution in [0.4, 0.5) is 0 Å². The maximum Gasteiger partial charge on any atom is 0.232 e. The lowest BCUT2D eigenvalue weighted by molar-refractivity contribution is 0.288. The Labute approximate surface area is 156 Å². The van der Waals surface area contributed by atoms with Gasteiger partial charge >= 0.3 is 0 Å². The molecule has 0 spiro atoms. The highest BCUT2D eigenvalue weighted by atomic mass is 16.5. The van der Waals surface area contributed by atoms with Crippen LogP contribution in [0.1, 0.15) is 34.9 Å². The van der Waals surface area contributed by atoms with Gasteiger partial charge in [-0.3, -0.25) is 0 Å². The van der Waals surface area contributed by atoms with Gasteiger partial charge in [0.15, 0.2) is 0 Å². The predicted octanol–water partition coefficient (Wildman–Crippen LogP) is 2.74. The molecule has 0 saturated carbocycles. The van der Waals surface area contributed by atoms with E-state index < -0.39 is 0 Å². The van der Waals surface area contributed by atoms with E-state index >= 15 is 0 Å². The maximum absolute atomic E-state index is 8.96. The summed E-state index contributed by atoms with van der Waals surface area (Å²) in [6, 6.07) is 11.1. The lowest BCUT2D eigenvalue weighted by Crippen LogP contribution is -2.03. The first kappa shape index (κ1) is 16.6. The number of nitrogens with zero attached hydrogens (tertiary/aromatic N) is 6. The van der Waals surface area contributed by atoms with Gasteiger partial charge in [-0.2, -0.15) is 10.5 Å². The maximum atomic E-state index is 8.96. The van der Waals surface area contributed by atoms with Crippen molar-refractivity contribution >= 4 is 0 Å². The highest BCUT2D eigenvalue weighted by Crippen LogP contribution is 2.33. The highest BCUT2D eigenvalue weighted by Gasteiger charge is 2.20. The van der Waals surface area contributed by atoms with Crippen LogP contribution in [0.5, 0.6) is 5.88 Å². The molecular formula is C20H14N6O. The SMILES string of the molecule is N#Cc1cccc(COc2cc(-c3cnc(C#N)nc3)c3c(n2)CCC3)n1. The van der Waals surface area contributed by atoms with Crippen LogP contribution in [0.2, 0.25) is 0 Å². The van der Waals surface area contributed by atoms with E-state index in [-0.39, 0.29) is 12.4 Å². The molecule has 1 aliphatic rings. The molecule has 7 nitrogen and oxygen atoms in total. The van der Waals surface area contributed by atoms with Crippen LogP contribution in [-0.4, -0.2) is 19.9 Å². The normalized spacial score (nSPS) is 12.1. The Kier molecular flexibility index (Phi) is 4.42. The van der Waals surface area contributed by atoms with Gasteiger partial charge in [0.25, 0.3) is 0 Å². The summed E-state index contributed by atoms with van der Waals surface area (Å²) in [6.07, 6.45) is 6.20. The average Bonchev–Trinajstić information content (AvgIpc) is 3.20. The van der Waals surface area contributed by atoms with Crippen molar-refractivity contribution in [2.45, 2.75) is 25.9 Å². The Morgan fingerprint density at radius 3 is 2.67 bits per heavy atom. The zero-order valence-electron chi connectivity index (χ0n) is 14.4. The number of rotatable bonds is 4. The zero-order chi connectivity index (χ0) is 18.6. The molecule has 0 fully saturated rings. The highest BCUT2D eigenvalue weighted by molar-refractivity contribution is 5.68. The minimum absolute atomic E-state index is 0.143. The summed E-state index contributed by atoms with van der Waals surface area (Å²) < 4.78 is 5.85. The Balaban J connectivity index is 1.64. The Hall–Kier alpha value is -3.84. The van der Waals surface area contributed by atoms with Crippen LogP contribution in [0.25, 0.3) is 11.1 Å². The van der Waals surface area contributed by atoms with Gasteiger partial charge in [0.1, 0.15) is 24.4 Å². The van der Waals surface area contributed by atoms with Crippen LogP contribution in [0, 0.1) is 22.7 Å². The topological polar surface area (TPSA) is 108 Å². The zero-order valence-corrected chi connectivity index (χ0v) is 14.4. The Morgan fingerprint density at radius 1 is 1.04 bits per heavy atom. The number of nitriles is 2. The van der Waals surface area contributed by atoms with Crippen molar-refractivity contribution in [3.05, 3.63) is 65.1 Å². The van der Waals surface area contributed by atoms with Crippen molar-refractivity contribution in [1.29, 1.82) is 10.5 Å². The first-order chi connectivity index (χ1) is 13.3. The number of aryl methyl sites for hydroxylation is 1. The molecule has 1 aliphatic carbocycles. The quantitative estimate of drug-likeness (QED) is 0.708. The number of hydrogen-bond donors (Lipinski definition) is 0. The molecule has 3 heterocycles. The molecule has 130 valence electrons. The molecule has 0 amide bonds. The van der Waals surface area contributed by atoms with Gasteiger partial charge in [-0.05, 0) is 42.5 Å². The summed E-state index contributed by atoms with van der Waals surface area (Å²) in [5, 5.41) is 17.8. The van der Waals surface area contributed by atoms with Crippen LogP contribution in [0.15, 0.2) is 36.7 Å². The summed E-state index contributed by atoms with van der Waals surface area (Å²) in [5.74, 6) is 0.642. The first-order valence-corrected chi connectivity index (χ1v) is 8.51. The van der Waals surface area contributed by atoms with Gasteiger partial charge < -0.3 is 4.74 Å². The second-order valence-electron chi connectivity index (χ2n) is 6.11. The largest absolute Gasteiger partial charge is 0.471 e. The van der Waals surface area contributed by atoms with E-state index in [9.17, 15) is 0 Å². The molecule has 0 N–H and O–H groups in total. The van der Waals surface area contributed by atoms with Crippen molar-refractivity contribution in [3.63, 3.8) is 0 Å². The van der Waals surface area contributed by atoms with Crippen molar-refractivity contribution in [3.8, 4) is 29.1 Å². The van der Waals surface area contributed by atoms with Gasteiger partial charge in [0.05, 0.1) is 5.69 Å². The average molecular weight is 354 g/mol. The third-order valence-electron chi connectivity index (χ3n) is 4.38. The van der Waals surface area contributed by atoms with Gasteiger partial charge in [-0.1, -0.05) is 6.07 Å². The standard InChI is InChI=1S/C20H14N6O/c21-8-14-3-1-4-15(25-14)12-27-20-7-17(16-5-2-6-18(16)26-20)13-10-23-19(9-22)24-11-13/h1,3-4,7,10-11H,2,5-6,12H2. The first-order valence-electron chi connectivity index (χ1n) is 8.51. The lowest BCUT2D eigenvalue weighted by atomic mass is 10.0. The second kappa shape index (κ2) is 7.19. The number of aromatic nitrogens is 4. The second-order valence-corrected chi connectivity index (χ2v) is 6.11. The van der Waals surface area contributed by atoms with Gasteiger partial charge in [0.2, 0.25) is 11.7 Å². The van der Waals surface area contributed by atoms with E-state index in [0.29, 0.717) is 17.3 Å². The molecular weight excluding hydrogens is 340 g/mol. The molecule has 4 rings (SSSR count). The molecule has 7 heteroatoms. The Morgan fingerprint density at radius 2 is 1.89 bits per heavy atom. The van der Waals surface area contributed by atoms with Crippen molar-refractivity contribution in [2.24, 2.45) is 0 Å². The fraction of sp³-hybridized carbons (Fsp3) is 0.200. The van der Waals surface area contributed by atoms with Crippen LogP contribution in [-0.2, 0) is 19.4 Å². The molecule has 27 heavy (non-hydrogen) atoms. The third kappa shape index (κ3) is 3.44. The van der Waals surface area contributed by atoms with E-state index in [4.69, 9.17) is 15.3 Å². The van der Waals surface area contributed by atoms with Gasteiger partial charge in [0, 0.05) is 29.7 Å². The smallest absolute Gasteiger partial charge is 0.232 e. The number of fused-ring (bicyclic) bond motifs is 1. The van der Waals surface area contributed by atoms with Crippen LogP contribution < -0.4 is 4.74 Å². The summed E-state index contributed by atoms with van der Waals surface area (Å²) in [5.41, 5.74) is 5.04. The molecule has 0 radical (unpaired) electrons. The van der Waals surface area contributed by atoms with Crippen LogP contribution in [0.3, 0.4) is 0 Å². The predicted molar refractivity (Wildman–Crippen MR) is 95.3 cm³/mol. The third-order valence-corrected chi connectivity index (χ3v) is 4.38. The number of pyridine rings is 2. The molecule has 0 aliphatic heterocycles. The van der Waals surface area contributed by atoms with Crippen molar-refractivity contribution in [1.82, 2.24) is 19.9 Å². The molecule has 0 unspecified atom stereocenters. The minimum Gasteiger partial charge on any atom is -0.471 e. The van der Waals surface area contributed by atoms with E-state index in [2.05, 4.69) is 19.9 Å². The van der Waals surface area contributed by atoms with E-state index in [1.54, 1.807) is 24.5 Å². The molecule has 0 atom stereocenters. The van der Waals surface area contributed by atoms with E-state index in [1.807, 2.05) is 24.3 Å². The van der Waals surface area contributed by atoms with Crippen molar-refractivity contribution < 1.29 is 4.74 Å². The number of ether oxygens (including phenoxy) is 1. The van der Waals surface area contributed by atoms with Crippen molar-refractivity contribution in [2.75, 3.05) is 0 Å². The van der Waals surface area contributed by atoms with Crippen LogP contribution >= 0.6 is 0 Å².